The van der Waals surface area contributed by atoms with Crippen molar-refractivity contribution in [3.63, 3.8) is 0 Å². The van der Waals surface area contributed by atoms with Gasteiger partial charge in [0.2, 0.25) is 5.91 Å². The van der Waals surface area contributed by atoms with Gasteiger partial charge in [0.1, 0.15) is 0 Å². The van der Waals surface area contributed by atoms with E-state index in [1.807, 2.05) is 0 Å². The lowest BCUT2D eigenvalue weighted by Crippen LogP contribution is -2.42. The second-order valence-corrected chi connectivity index (χ2v) is 2.32. The smallest absolute Gasteiger partial charge is 0.304 e. The maximum atomic E-state index is 10.3. The molecule has 0 aliphatic rings. The van der Waals surface area contributed by atoms with E-state index in [-0.39, 0.29) is 18.4 Å². The molecule has 64 valence electrons. The van der Waals surface area contributed by atoms with Crippen LogP contribution in [-0.4, -0.2) is 23.0 Å². The summed E-state index contributed by atoms with van der Waals surface area (Å²) in [5, 5.41) is 8.30. The van der Waals surface area contributed by atoms with Crippen molar-refractivity contribution in [3.05, 3.63) is 0 Å². The first-order chi connectivity index (χ1) is 5.02. The van der Waals surface area contributed by atoms with Crippen molar-refractivity contribution in [3.8, 4) is 0 Å². The molecule has 0 rings (SSSR count). The second-order valence-electron chi connectivity index (χ2n) is 2.32. The van der Waals surface area contributed by atoms with E-state index in [0.29, 0.717) is 0 Å². The zero-order valence-corrected chi connectivity index (χ0v) is 6.55. The van der Waals surface area contributed by atoms with E-state index < -0.39 is 5.97 Å². The van der Waals surface area contributed by atoms with Crippen LogP contribution in [0, 0.1) is 0 Å². The van der Waals surface area contributed by atoms with Gasteiger partial charge in [-0.1, -0.05) is 0 Å². The number of carboxylic acids is 1. The summed E-state index contributed by atoms with van der Waals surface area (Å²) in [6.07, 6.45) is -0.0136. The molecule has 3 N–H and O–H groups in total. The van der Waals surface area contributed by atoms with E-state index in [1.54, 1.807) is 6.92 Å². The first kappa shape index (κ1) is 9.90. The number of hydrogen-bond acceptors (Lipinski definition) is 3. The Morgan fingerprint density at radius 1 is 1.55 bits per heavy atom. The Morgan fingerprint density at radius 3 is 2.45 bits per heavy atom. The summed E-state index contributed by atoms with van der Waals surface area (Å²) in [6, 6.07) is -0.253. The third-order valence-corrected chi connectivity index (χ3v) is 0.975. The molecule has 1 unspecified atom stereocenters. The highest BCUT2D eigenvalue weighted by atomic mass is 16.4. The van der Waals surface area contributed by atoms with Gasteiger partial charge >= 0.3 is 5.97 Å². The first-order valence-electron chi connectivity index (χ1n) is 3.26. The average molecular weight is 160 g/mol. The van der Waals surface area contributed by atoms with Gasteiger partial charge in [0.15, 0.2) is 0 Å². The SMILES string of the molecule is CC(=O)NNC(C)CC(=O)O. The molecule has 0 aliphatic carbocycles. The Morgan fingerprint density at radius 2 is 2.09 bits per heavy atom. The monoisotopic (exact) mass is 160 g/mol. The maximum absolute atomic E-state index is 10.3. The Labute approximate surface area is 64.8 Å². The van der Waals surface area contributed by atoms with Crippen LogP contribution in [0.2, 0.25) is 0 Å². The van der Waals surface area contributed by atoms with Crippen molar-refractivity contribution >= 4 is 11.9 Å². The lowest BCUT2D eigenvalue weighted by atomic mass is 10.2. The number of amides is 1. The average Bonchev–Trinajstić information content (AvgIpc) is 1.82. The molecule has 1 amide bonds. The zero-order valence-electron chi connectivity index (χ0n) is 6.55. The summed E-state index contributed by atoms with van der Waals surface area (Å²) in [5.74, 6) is -1.13. The van der Waals surface area contributed by atoms with Crippen LogP contribution in [0.15, 0.2) is 0 Å². The summed E-state index contributed by atoms with van der Waals surface area (Å²) in [5.41, 5.74) is 4.83. The summed E-state index contributed by atoms with van der Waals surface area (Å²) in [7, 11) is 0. The molecule has 0 fully saturated rings. The number of carbonyl (C=O) groups is 2. The highest BCUT2D eigenvalue weighted by Crippen LogP contribution is 1.86. The van der Waals surface area contributed by atoms with Gasteiger partial charge < -0.3 is 5.11 Å². The highest BCUT2D eigenvalue weighted by molar-refractivity contribution is 5.72. The van der Waals surface area contributed by atoms with Gasteiger partial charge in [0.05, 0.1) is 6.42 Å². The van der Waals surface area contributed by atoms with Crippen molar-refractivity contribution in [2.24, 2.45) is 0 Å². The van der Waals surface area contributed by atoms with Crippen molar-refractivity contribution in [2.75, 3.05) is 0 Å². The zero-order chi connectivity index (χ0) is 8.85. The van der Waals surface area contributed by atoms with E-state index in [4.69, 9.17) is 5.11 Å². The molecule has 0 aromatic heterocycles. The van der Waals surface area contributed by atoms with Crippen LogP contribution in [0.3, 0.4) is 0 Å². The Hall–Kier alpha value is -1.10. The van der Waals surface area contributed by atoms with E-state index in [1.165, 1.54) is 6.92 Å². The second kappa shape index (κ2) is 4.68. The van der Waals surface area contributed by atoms with Crippen LogP contribution in [-0.2, 0) is 9.59 Å². The van der Waals surface area contributed by atoms with Gasteiger partial charge in [0.25, 0.3) is 0 Å². The van der Waals surface area contributed by atoms with Gasteiger partial charge in [-0.2, -0.15) is 0 Å². The fraction of sp³-hybridized carbons (Fsp3) is 0.667. The van der Waals surface area contributed by atoms with Crippen LogP contribution in [0.4, 0.5) is 0 Å². The van der Waals surface area contributed by atoms with Crippen LogP contribution in [0.25, 0.3) is 0 Å². The Bertz CT molecular complexity index is 158. The minimum absolute atomic E-state index is 0.0136. The van der Waals surface area contributed by atoms with E-state index in [2.05, 4.69) is 10.9 Å². The molecule has 1 atom stereocenters. The number of aliphatic carboxylic acids is 1. The fourth-order valence-electron chi connectivity index (χ4n) is 0.538. The van der Waals surface area contributed by atoms with Crippen molar-refractivity contribution < 1.29 is 14.7 Å². The summed E-state index contributed by atoms with van der Waals surface area (Å²) in [6.45, 7) is 3.02. The van der Waals surface area contributed by atoms with Gasteiger partial charge in [-0.25, -0.2) is 5.43 Å². The molecule has 0 saturated carbocycles. The van der Waals surface area contributed by atoms with E-state index in [0.717, 1.165) is 0 Å². The largest absolute Gasteiger partial charge is 0.481 e. The summed E-state index contributed by atoms with van der Waals surface area (Å²) < 4.78 is 0. The fourth-order valence-corrected chi connectivity index (χ4v) is 0.538. The van der Waals surface area contributed by atoms with Gasteiger partial charge in [-0.15, -0.1) is 0 Å². The predicted octanol–water partition coefficient (Wildman–Crippen LogP) is -0.510. The lowest BCUT2D eigenvalue weighted by Gasteiger charge is -2.10. The molecular formula is C6H12N2O3. The van der Waals surface area contributed by atoms with Crippen molar-refractivity contribution in [1.82, 2.24) is 10.9 Å². The van der Waals surface area contributed by atoms with Crippen LogP contribution in [0.1, 0.15) is 20.3 Å². The third kappa shape index (κ3) is 6.79. The molecule has 5 nitrogen and oxygen atoms in total. The molecule has 0 spiro atoms. The molecule has 0 bridgehead atoms. The third-order valence-electron chi connectivity index (χ3n) is 0.975. The summed E-state index contributed by atoms with van der Waals surface area (Å²) >= 11 is 0. The Kier molecular flexibility index (Phi) is 4.21. The molecule has 0 saturated heterocycles. The topological polar surface area (TPSA) is 78.4 Å². The van der Waals surface area contributed by atoms with Crippen LogP contribution >= 0.6 is 0 Å². The number of carbonyl (C=O) groups excluding carboxylic acids is 1. The van der Waals surface area contributed by atoms with Crippen molar-refractivity contribution in [1.29, 1.82) is 0 Å². The molecule has 0 aliphatic heterocycles. The molecular weight excluding hydrogens is 148 g/mol. The van der Waals surface area contributed by atoms with Crippen molar-refractivity contribution in [2.45, 2.75) is 26.3 Å². The maximum Gasteiger partial charge on any atom is 0.304 e. The molecule has 11 heavy (non-hydrogen) atoms. The normalized spacial score (nSPS) is 12.2. The predicted molar refractivity (Wildman–Crippen MR) is 38.7 cm³/mol. The summed E-state index contributed by atoms with van der Waals surface area (Å²) in [4.78, 5) is 20.4. The van der Waals surface area contributed by atoms with Gasteiger partial charge in [0, 0.05) is 13.0 Å². The van der Waals surface area contributed by atoms with E-state index >= 15 is 0 Å². The molecule has 0 radical (unpaired) electrons. The minimum atomic E-state index is -0.893. The molecule has 0 heterocycles. The van der Waals surface area contributed by atoms with E-state index in [9.17, 15) is 9.59 Å². The first-order valence-corrected chi connectivity index (χ1v) is 3.26. The van der Waals surface area contributed by atoms with Crippen LogP contribution < -0.4 is 10.9 Å². The highest BCUT2D eigenvalue weighted by Gasteiger charge is 2.05. The number of nitrogens with one attached hydrogen (secondary N) is 2. The molecule has 0 aromatic rings. The van der Waals surface area contributed by atoms with Crippen LogP contribution in [0.5, 0.6) is 0 Å². The molecule has 5 heteroatoms. The number of rotatable bonds is 4. The minimum Gasteiger partial charge on any atom is -0.481 e. The number of hydrogen-bond donors (Lipinski definition) is 3. The Balaban J connectivity index is 3.44. The van der Waals surface area contributed by atoms with Gasteiger partial charge in [-0.3, -0.25) is 15.0 Å². The van der Waals surface area contributed by atoms with Gasteiger partial charge in [-0.05, 0) is 6.92 Å². The molecule has 0 aromatic carbocycles. The number of carboxylic acid groups (broad SMARTS) is 1. The standard InChI is InChI=1S/C6H12N2O3/c1-4(3-6(10)11)7-8-5(2)9/h4,7H,3H2,1-2H3,(H,8,9)(H,10,11). The number of hydrazine groups is 1. The lowest BCUT2D eigenvalue weighted by molar-refractivity contribution is -0.137. The quantitative estimate of drug-likeness (QED) is 0.484.